The van der Waals surface area contributed by atoms with Gasteiger partial charge >= 0.3 is 0 Å². The van der Waals surface area contributed by atoms with Crippen LogP contribution in [-0.2, 0) is 15.6 Å². The van der Waals surface area contributed by atoms with E-state index in [1.807, 2.05) is 53.4 Å². The molecule has 3 heterocycles. The Hall–Kier alpha value is -2.65. The van der Waals surface area contributed by atoms with Gasteiger partial charge in [-0.25, -0.2) is 13.4 Å². The molecule has 0 radical (unpaired) electrons. The zero-order chi connectivity index (χ0) is 20.0. The van der Waals surface area contributed by atoms with Crippen LogP contribution in [0.3, 0.4) is 0 Å². The molecule has 1 fully saturated rings. The summed E-state index contributed by atoms with van der Waals surface area (Å²) in [6.07, 6.45) is 0. The van der Waals surface area contributed by atoms with Crippen molar-refractivity contribution in [3.63, 3.8) is 0 Å². The molecule has 2 aromatic carbocycles. The van der Waals surface area contributed by atoms with Crippen molar-refractivity contribution < 1.29 is 8.42 Å². The molecule has 2 atom stereocenters. The summed E-state index contributed by atoms with van der Waals surface area (Å²) in [5.41, 5.74) is 1.41. The monoisotopic (exact) mass is 426 g/mol. The van der Waals surface area contributed by atoms with Gasteiger partial charge < -0.3 is 9.88 Å². The van der Waals surface area contributed by atoms with Gasteiger partial charge in [0.15, 0.2) is 15.0 Å². The van der Waals surface area contributed by atoms with E-state index in [9.17, 15) is 13.2 Å². The fourth-order valence-corrected chi connectivity index (χ4v) is 6.70. The first-order valence-corrected chi connectivity index (χ1v) is 12.0. The van der Waals surface area contributed by atoms with E-state index in [1.165, 1.54) is 11.8 Å². The zero-order valence-electron chi connectivity index (χ0n) is 15.4. The second-order valence-electron chi connectivity index (χ2n) is 7.15. The Morgan fingerprint density at radius 2 is 1.83 bits per heavy atom. The molecule has 0 unspecified atom stereocenters. The van der Waals surface area contributed by atoms with Crippen molar-refractivity contribution in [2.45, 2.75) is 17.8 Å². The number of nitrogens with zero attached hydrogens (tertiary/aromatic N) is 3. The highest BCUT2D eigenvalue weighted by Gasteiger charge is 2.47. The molecule has 1 N–H and O–H groups in total. The van der Waals surface area contributed by atoms with Gasteiger partial charge in [-0.2, -0.15) is 0 Å². The normalized spacial score (nSPS) is 22.6. The lowest BCUT2D eigenvalue weighted by Gasteiger charge is -2.26. The van der Waals surface area contributed by atoms with Gasteiger partial charge in [0.1, 0.15) is 5.82 Å². The zero-order valence-corrected chi connectivity index (χ0v) is 17.0. The summed E-state index contributed by atoms with van der Waals surface area (Å²) in [6, 6.07) is 16.5. The fourth-order valence-electron chi connectivity index (χ4n) is 3.86. The van der Waals surface area contributed by atoms with Crippen molar-refractivity contribution >= 4 is 43.4 Å². The minimum Gasteiger partial charge on any atom is -0.315 e. The largest absolute Gasteiger partial charge is 0.315 e. The third-order valence-corrected chi connectivity index (χ3v) is 7.82. The molecular weight excluding hydrogens is 408 g/mol. The number of rotatable bonds is 3. The maximum Gasteiger partial charge on any atom is 0.258 e. The number of aromatic nitrogens is 2. The van der Waals surface area contributed by atoms with Crippen molar-refractivity contribution in [1.82, 2.24) is 9.97 Å². The molecule has 148 valence electrons. The van der Waals surface area contributed by atoms with Gasteiger partial charge in [-0.1, -0.05) is 42.1 Å². The number of fused-ring (bicyclic) bond motifs is 2. The Labute approximate surface area is 171 Å². The lowest BCUT2D eigenvalue weighted by molar-refractivity contribution is 0.601. The molecule has 29 heavy (non-hydrogen) atoms. The molecule has 3 aromatic rings. The Kier molecular flexibility index (Phi) is 4.44. The number of H-pyrrole nitrogens is 1. The van der Waals surface area contributed by atoms with Crippen molar-refractivity contribution in [2.24, 2.45) is 4.99 Å². The predicted octanol–water partition coefficient (Wildman–Crippen LogP) is 2.20. The molecule has 1 saturated heterocycles. The van der Waals surface area contributed by atoms with Crippen LogP contribution in [0.4, 0.5) is 5.69 Å². The van der Waals surface area contributed by atoms with E-state index in [-0.39, 0.29) is 29.1 Å². The Morgan fingerprint density at radius 1 is 1.07 bits per heavy atom. The minimum absolute atomic E-state index is 0.0795. The van der Waals surface area contributed by atoms with Gasteiger partial charge in [0.05, 0.1) is 40.2 Å². The highest BCUT2D eigenvalue weighted by atomic mass is 32.2. The molecule has 1 aromatic heterocycles. The molecule has 0 saturated carbocycles. The average Bonchev–Trinajstić information content (AvgIpc) is 3.18. The summed E-state index contributed by atoms with van der Waals surface area (Å²) in [4.78, 5) is 26.4. The number of amidine groups is 1. The molecule has 0 aliphatic carbocycles. The first-order valence-electron chi connectivity index (χ1n) is 9.23. The SMILES string of the molecule is O=c1[nH]c(CSC2=N[C@H]3CS(=O)(=O)C[C@H]3N2c2ccccc2)nc2ccccc12. The maximum absolute atomic E-state index is 12.3. The average molecular weight is 427 g/mol. The number of anilines is 1. The molecule has 0 bridgehead atoms. The molecule has 0 amide bonds. The second-order valence-corrected chi connectivity index (χ2v) is 10.2. The van der Waals surface area contributed by atoms with Crippen molar-refractivity contribution in [3.8, 4) is 0 Å². The Morgan fingerprint density at radius 3 is 2.66 bits per heavy atom. The standard InChI is InChI=1S/C20H18N4O3S2/c25-19-14-8-4-5-9-15(14)21-18(23-19)10-28-20-22-16-11-29(26,27)12-17(16)24(20)13-6-2-1-3-7-13/h1-9,16-17H,10-12H2,(H,21,23,25)/t16-,17+/m0/s1. The van der Waals surface area contributed by atoms with E-state index >= 15 is 0 Å². The van der Waals surface area contributed by atoms with Gasteiger partial charge in [0.25, 0.3) is 5.56 Å². The lowest BCUT2D eigenvalue weighted by Crippen LogP contribution is -2.39. The van der Waals surface area contributed by atoms with Crippen molar-refractivity contribution in [3.05, 3.63) is 70.8 Å². The van der Waals surface area contributed by atoms with Crippen LogP contribution in [0.1, 0.15) is 5.82 Å². The van der Waals surface area contributed by atoms with E-state index in [0.29, 0.717) is 22.5 Å². The summed E-state index contributed by atoms with van der Waals surface area (Å²) < 4.78 is 24.2. The Bertz CT molecular complexity index is 1270. The number of aliphatic imine (C=N–C) groups is 1. The first-order chi connectivity index (χ1) is 14.0. The third-order valence-electron chi connectivity index (χ3n) is 5.14. The molecule has 0 spiro atoms. The van der Waals surface area contributed by atoms with Gasteiger partial charge in [-0.15, -0.1) is 0 Å². The summed E-state index contributed by atoms with van der Waals surface area (Å²) in [7, 11) is -3.08. The number of sulfone groups is 1. The summed E-state index contributed by atoms with van der Waals surface area (Å²) in [5, 5.41) is 1.32. The molecule has 9 heteroatoms. The minimum atomic E-state index is -3.08. The molecule has 7 nitrogen and oxygen atoms in total. The van der Waals surface area contributed by atoms with E-state index in [4.69, 9.17) is 4.99 Å². The van der Waals surface area contributed by atoms with Crippen LogP contribution in [0, 0.1) is 0 Å². The number of nitrogens with one attached hydrogen (secondary N) is 1. The topological polar surface area (TPSA) is 95.5 Å². The van der Waals surface area contributed by atoms with E-state index in [1.54, 1.807) is 6.07 Å². The van der Waals surface area contributed by atoms with Crippen LogP contribution in [0.15, 0.2) is 64.4 Å². The highest BCUT2D eigenvalue weighted by Crippen LogP contribution is 2.35. The van der Waals surface area contributed by atoms with E-state index < -0.39 is 9.84 Å². The number of thioether (sulfide) groups is 1. The van der Waals surface area contributed by atoms with Gasteiger partial charge in [0, 0.05) is 5.69 Å². The van der Waals surface area contributed by atoms with E-state index in [2.05, 4.69) is 9.97 Å². The third kappa shape index (κ3) is 3.44. The molecule has 5 rings (SSSR count). The van der Waals surface area contributed by atoms with Crippen LogP contribution in [0.2, 0.25) is 0 Å². The fraction of sp³-hybridized carbons (Fsp3) is 0.250. The van der Waals surface area contributed by atoms with Crippen LogP contribution in [-0.4, -0.2) is 47.1 Å². The predicted molar refractivity (Wildman–Crippen MR) is 116 cm³/mol. The van der Waals surface area contributed by atoms with Crippen molar-refractivity contribution in [1.29, 1.82) is 0 Å². The number of para-hydroxylation sites is 2. The van der Waals surface area contributed by atoms with Crippen LogP contribution in [0.5, 0.6) is 0 Å². The van der Waals surface area contributed by atoms with Crippen LogP contribution in [0.25, 0.3) is 10.9 Å². The molecule has 2 aliphatic rings. The lowest BCUT2D eigenvalue weighted by atomic mass is 10.1. The number of hydrogen-bond acceptors (Lipinski definition) is 7. The summed E-state index contributed by atoms with van der Waals surface area (Å²) in [5.74, 6) is 1.19. The molecule has 2 aliphatic heterocycles. The Balaban J connectivity index is 1.44. The summed E-state index contributed by atoms with van der Waals surface area (Å²) >= 11 is 1.46. The maximum atomic E-state index is 12.3. The van der Waals surface area contributed by atoms with Crippen molar-refractivity contribution in [2.75, 3.05) is 16.4 Å². The number of aromatic amines is 1. The first kappa shape index (κ1) is 18.4. The quantitative estimate of drug-likeness (QED) is 0.690. The van der Waals surface area contributed by atoms with Crippen LogP contribution >= 0.6 is 11.8 Å². The highest BCUT2D eigenvalue weighted by molar-refractivity contribution is 8.13. The van der Waals surface area contributed by atoms with Gasteiger partial charge in [0.2, 0.25) is 0 Å². The molecular formula is C20H18N4O3S2. The van der Waals surface area contributed by atoms with Gasteiger partial charge in [-0.05, 0) is 24.3 Å². The smallest absolute Gasteiger partial charge is 0.258 e. The van der Waals surface area contributed by atoms with Gasteiger partial charge in [-0.3, -0.25) is 9.79 Å². The number of benzene rings is 2. The number of hydrogen-bond donors (Lipinski definition) is 1. The summed E-state index contributed by atoms with van der Waals surface area (Å²) in [6.45, 7) is 0. The van der Waals surface area contributed by atoms with E-state index in [0.717, 1.165) is 10.9 Å². The van der Waals surface area contributed by atoms with Crippen LogP contribution < -0.4 is 10.5 Å². The second kappa shape index (κ2) is 7.00.